The molecular weight excluding hydrogens is 222 g/mol. The second-order valence-electron chi connectivity index (χ2n) is 5.87. The normalized spacial score (nSPS) is 32.6. The Balaban J connectivity index is 1.74. The fourth-order valence-corrected chi connectivity index (χ4v) is 3.42. The highest BCUT2D eigenvalue weighted by Crippen LogP contribution is 2.34. The molecule has 2 nitrogen and oxygen atoms in total. The number of nitrogens with one attached hydrogen (secondary N) is 1. The van der Waals surface area contributed by atoms with Crippen LogP contribution in [0.1, 0.15) is 55.1 Å². The standard InChI is InChI=1S/C16H23NO/c18-16-6-4-12(5-7-16)13-2-1-3-14(10-13)15-8-9-17-11-15/h1-3,10,12,15-18H,4-9,11H2. The molecule has 2 fully saturated rings. The molecule has 0 bridgehead atoms. The van der Waals surface area contributed by atoms with Gasteiger partial charge in [-0.3, -0.25) is 0 Å². The molecule has 1 aliphatic heterocycles. The maximum Gasteiger partial charge on any atom is 0.0540 e. The molecule has 1 saturated heterocycles. The van der Waals surface area contributed by atoms with Crippen LogP contribution in [-0.2, 0) is 0 Å². The molecule has 0 aromatic heterocycles. The van der Waals surface area contributed by atoms with Gasteiger partial charge in [0.25, 0.3) is 0 Å². The largest absolute Gasteiger partial charge is 0.393 e. The molecule has 0 amide bonds. The van der Waals surface area contributed by atoms with Crippen molar-refractivity contribution in [3.05, 3.63) is 35.4 Å². The van der Waals surface area contributed by atoms with Crippen LogP contribution in [0.15, 0.2) is 24.3 Å². The van der Waals surface area contributed by atoms with Crippen LogP contribution in [0.3, 0.4) is 0 Å². The van der Waals surface area contributed by atoms with Crippen molar-refractivity contribution >= 4 is 0 Å². The SMILES string of the molecule is OC1CCC(c2cccc(C3CCNC3)c2)CC1. The summed E-state index contributed by atoms with van der Waals surface area (Å²) in [6, 6.07) is 9.18. The Hall–Kier alpha value is -0.860. The molecule has 1 aromatic rings. The summed E-state index contributed by atoms with van der Waals surface area (Å²) in [5, 5.41) is 13.0. The van der Waals surface area contributed by atoms with E-state index in [-0.39, 0.29) is 6.10 Å². The molecule has 0 radical (unpaired) electrons. The van der Waals surface area contributed by atoms with Crippen LogP contribution in [0.25, 0.3) is 0 Å². The Morgan fingerprint density at radius 1 is 0.944 bits per heavy atom. The zero-order chi connectivity index (χ0) is 12.4. The smallest absolute Gasteiger partial charge is 0.0540 e. The zero-order valence-electron chi connectivity index (χ0n) is 10.9. The van der Waals surface area contributed by atoms with Crippen LogP contribution < -0.4 is 5.32 Å². The van der Waals surface area contributed by atoms with Crippen LogP contribution in [0.4, 0.5) is 0 Å². The highest BCUT2D eigenvalue weighted by molar-refractivity contribution is 5.30. The second kappa shape index (κ2) is 5.41. The maximum absolute atomic E-state index is 9.59. The highest BCUT2D eigenvalue weighted by atomic mass is 16.3. The van der Waals surface area contributed by atoms with E-state index >= 15 is 0 Å². The lowest BCUT2D eigenvalue weighted by Crippen LogP contribution is -2.17. The summed E-state index contributed by atoms with van der Waals surface area (Å²) in [6.07, 6.45) is 5.46. The summed E-state index contributed by atoms with van der Waals surface area (Å²) in [5.41, 5.74) is 3.00. The van der Waals surface area contributed by atoms with Gasteiger partial charge in [-0.05, 0) is 61.6 Å². The molecule has 1 heterocycles. The van der Waals surface area contributed by atoms with Crippen molar-refractivity contribution in [3.8, 4) is 0 Å². The molecule has 0 spiro atoms. The van der Waals surface area contributed by atoms with Gasteiger partial charge in [0.2, 0.25) is 0 Å². The third-order valence-corrected chi connectivity index (χ3v) is 4.61. The van der Waals surface area contributed by atoms with E-state index < -0.39 is 0 Å². The van der Waals surface area contributed by atoms with E-state index in [0.29, 0.717) is 11.8 Å². The minimum Gasteiger partial charge on any atom is -0.393 e. The number of aliphatic hydroxyl groups is 1. The average Bonchev–Trinajstić information content (AvgIpc) is 2.94. The third-order valence-electron chi connectivity index (χ3n) is 4.61. The highest BCUT2D eigenvalue weighted by Gasteiger charge is 2.22. The van der Waals surface area contributed by atoms with E-state index in [9.17, 15) is 5.11 Å². The molecular formula is C16H23NO. The Bertz CT molecular complexity index is 390. The van der Waals surface area contributed by atoms with Gasteiger partial charge in [-0.25, -0.2) is 0 Å². The van der Waals surface area contributed by atoms with E-state index in [2.05, 4.69) is 29.6 Å². The maximum atomic E-state index is 9.59. The Labute approximate surface area is 109 Å². The van der Waals surface area contributed by atoms with E-state index in [1.165, 1.54) is 17.5 Å². The molecule has 1 unspecified atom stereocenters. The Morgan fingerprint density at radius 2 is 1.67 bits per heavy atom. The van der Waals surface area contributed by atoms with Crippen molar-refractivity contribution in [2.24, 2.45) is 0 Å². The lowest BCUT2D eigenvalue weighted by atomic mass is 9.81. The molecule has 3 rings (SSSR count). The second-order valence-corrected chi connectivity index (χ2v) is 5.87. The number of rotatable bonds is 2. The van der Waals surface area contributed by atoms with Crippen molar-refractivity contribution in [1.82, 2.24) is 5.32 Å². The minimum absolute atomic E-state index is 0.0523. The first-order chi connectivity index (χ1) is 8.83. The fraction of sp³-hybridized carbons (Fsp3) is 0.625. The fourth-order valence-electron chi connectivity index (χ4n) is 3.42. The van der Waals surface area contributed by atoms with Crippen molar-refractivity contribution in [3.63, 3.8) is 0 Å². The average molecular weight is 245 g/mol. The van der Waals surface area contributed by atoms with Crippen molar-refractivity contribution in [1.29, 1.82) is 0 Å². The third kappa shape index (κ3) is 2.60. The van der Waals surface area contributed by atoms with Crippen LogP contribution >= 0.6 is 0 Å². The quantitative estimate of drug-likeness (QED) is 0.839. The first kappa shape index (κ1) is 12.2. The Kier molecular flexibility index (Phi) is 3.67. The van der Waals surface area contributed by atoms with Crippen molar-refractivity contribution < 1.29 is 5.11 Å². The monoisotopic (exact) mass is 245 g/mol. The number of aliphatic hydroxyl groups excluding tert-OH is 1. The van der Waals surface area contributed by atoms with Gasteiger partial charge in [0.1, 0.15) is 0 Å². The van der Waals surface area contributed by atoms with Gasteiger partial charge in [0.05, 0.1) is 6.10 Å². The number of hydrogen-bond acceptors (Lipinski definition) is 2. The summed E-state index contributed by atoms with van der Waals surface area (Å²) < 4.78 is 0. The van der Waals surface area contributed by atoms with Crippen molar-refractivity contribution in [2.45, 2.75) is 50.0 Å². The van der Waals surface area contributed by atoms with Gasteiger partial charge in [0.15, 0.2) is 0 Å². The molecule has 2 N–H and O–H groups in total. The van der Waals surface area contributed by atoms with Gasteiger partial charge in [0, 0.05) is 6.54 Å². The minimum atomic E-state index is -0.0523. The van der Waals surface area contributed by atoms with Gasteiger partial charge in [-0.1, -0.05) is 24.3 Å². The van der Waals surface area contributed by atoms with E-state index in [1.54, 1.807) is 0 Å². The zero-order valence-corrected chi connectivity index (χ0v) is 10.9. The molecule has 1 saturated carbocycles. The molecule has 2 heteroatoms. The predicted molar refractivity (Wildman–Crippen MR) is 73.9 cm³/mol. The number of hydrogen-bond donors (Lipinski definition) is 2. The first-order valence-corrected chi connectivity index (χ1v) is 7.31. The first-order valence-electron chi connectivity index (χ1n) is 7.31. The summed E-state index contributed by atoms with van der Waals surface area (Å²) in [5.74, 6) is 1.38. The van der Waals surface area contributed by atoms with E-state index in [4.69, 9.17) is 0 Å². The van der Waals surface area contributed by atoms with Crippen LogP contribution in [0, 0.1) is 0 Å². The summed E-state index contributed by atoms with van der Waals surface area (Å²) in [7, 11) is 0. The summed E-state index contributed by atoms with van der Waals surface area (Å²) in [4.78, 5) is 0. The summed E-state index contributed by atoms with van der Waals surface area (Å²) >= 11 is 0. The van der Waals surface area contributed by atoms with E-state index in [0.717, 1.165) is 38.8 Å². The van der Waals surface area contributed by atoms with Gasteiger partial charge < -0.3 is 10.4 Å². The Morgan fingerprint density at radius 3 is 2.33 bits per heavy atom. The van der Waals surface area contributed by atoms with Crippen molar-refractivity contribution in [2.75, 3.05) is 13.1 Å². The lowest BCUT2D eigenvalue weighted by Gasteiger charge is -2.26. The topological polar surface area (TPSA) is 32.3 Å². The molecule has 98 valence electrons. The van der Waals surface area contributed by atoms with Crippen LogP contribution in [0.2, 0.25) is 0 Å². The molecule has 2 aliphatic rings. The van der Waals surface area contributed by atoms with Gasteiger partial charge in [-0.15, -0.1) is 0 Å². The molecule has 1 aliphatic carbocycles. The van der Waals surface area contributed by atoms with Gasteiger partial charge >= 0.3 is 0 Å². The molecule has 18 heavy (non-hydrogen) atoms. The number of benzene rings is 1. The predicted octanol–water partition coefficient (Wildman–Crippen LogP) is 2.78. The summed E-state index contributed by atoms with van der Waals surface area (Å²) in [6.45, 7) is 2.29. The van der Waals surface area contributed by atoms with E-state index in [1.807, 2.05) is 0 Å². The van der Waals surface area contributed by atoms with Gasteiger partial charge in [-0.2, -0.15) is 0 Å². The lowest BCUT2D eigenvalue weighted by molar-refractivity contribution is 0.122. The van der Waals surface area contributed by atoms with Crippen LogP contribution in [-0.4, -0.2) is 24.3 Å². The molecule has 1 atom stereocenters. The van der Waals surface area contributed by atoms with Crippen LogP contribution in [0.5, 0.6) is 0 Å². The molecule has 1 aromatic carbocycles.